The van der Waals surface area contributed by atoms with Gasteiger partial charge in [-0.05, 0) is 43.7 Å². The van der Waals surface area contributed by atoms with E-state index >= 15 is 0 Å². The number of aromatic amines is 1. The molecule has 1 aromatic carbocycles. The summed E-state index contributed by atoms with van der Waals surface area (Å²) in [6.45, 7) is 2.65. The van der Waals surface area contributed by atoms with Gasteiger partial charge in [0.1, 0.15) is 0 Å². The van der Waals surface area contributed by atoms with Crippen molar-refractivity contribution in [1.82, 2.24) is 15.4 Å². The van der Waals surface area contributed by atoms with Crippen LogP contribution in [0.5, 0.6) is 0 Å². The van der Waals surface area contributed by atoms with Gasteiger partial charge in [0.25, 0.3) is 0 Å². The molecule has 4 rings (SSSR count). The van der Waals surface area contributed by atoms with Gasteiger partial charge in [-0.2, -0.15) is 5.10 Å². The van der Waals surface area contributed by atoms with Crippen LogP contribution in [0, 0.1) is 12.8 Å². The number of aromatic nitrogens is 3. The zero-order chi connectivity index (χ0) is 19.8. The summed E-state index contributed by atoms with van der Waals surface area (Å²) in [6.07, 6.45) is -0.0268. The molecule has 0 spiro atoms. The maximum atomic E-state index is 11.9. The van der Waals surface area contributed by atoms with Gasteiger partial charge in [-0.25, -0.2) is 4.79 Å². The van der Waals surface area contributed by atoms with Crippen molar-refractivity contribution in [3.63, 3.8) is 0 Å². The number of hydrogen-bond acceptors (Lipinski definition) is 6. The van der Waals surface area contributed by atoms with Gasteiger partial charge in [0.05, 0.1) is 11.8 Å². The van der Waals surface area contributed by atoms with Crippen molar-refractivity contribution in [2.45, 2.75) is 19.4 Å². The van der Waals surface area contributed by atoms with Crippen LogP contribution < -0.4 is 4.90 Å². The molecule has 0 saturated carbocycles. The predicted octanol–water partition coefficient (Wildman–Crippen LogP) is 2.76. The number of benzene rings is 1. The summed E-state index contributed by atoms with van der Waals surface area (Å²) in [6, 6.07) is 8.62. The lowest BCUT2D eigenvalue weighted by Gasteiger charge is -2.15. The van der Waals surface area contributed by atoms with Crippen LogP contribution in [0.25, 0.3) is 11.3 Å². The minimum absolute atomic E-state index is 0.0224. The van der Waals surface area contributed by atoms with E-state index in [4.69, 9.17) is 16.1 Å². The zero-order valence-electron chi connectivity index (χ0n) is 15.1. The van der Waals surface area contributed by atoms with Gasteiger partial charge in [-0.15, -0.1) is 0 Å². The highest BCUT2D eigenvalue weighted by Crippen LogP contribution is 2.35. The highest BCUT2D eigenvalue weighted by Gasteiger charge is 2.37. The van der Waals surface area contributed by atoms with Crippen molar-refractivity contribution in [1.29, 1.82) is 0 Å². The van der Waals surface area contributed by atoms with E-state index in [1.807, 2.05) is 13.0 Å². The van der Waals surface area contributed by atoms with Crippen molar-refractivity contribution < 1.29 is 19.5 Å². The number of carboxylic acid groups (broad SMARTS) is 1. The highest BCUT2D eigenvalue weighted by molar-refractivity contribution is 6.30. The summed E-state index contributed by atoms with van der Waals surface area (Å²) in [5.41, 5.74) is 2.37. The molecule has 0 radical (unpaired) electrons. The number of aliphatic hydroxyl groups excluding tert-OH is 1. The Bertz CT molecular complexity index is 998. The number of hydrogen-bond donors (Lipinski definition) is 3. The van der Waals surface area contributed by atoms with Gasteiger partial charge >= 0.3 is 5.97 Å². The van der Waals surface area contributed by atoms with Crippen LogP contribution in [-0.4, -0.2) is 50.7 Å². The Hall–Kier alpha value is -2.84. The first kappa shape index (κ1) is 18.5. The number of anilines is 1. The molecule has 2 atom stereocenters. The molecule has 0 aliphatic carbocycles. The standard InChI is InChI=1S/C19H19ClN4O4/c1-10-6-14(22-21-10)7-12-8-24(9-15(12)25)18-16(19(26)27)17(28-23-18)11-2-4-13(20)5-3-11/h2-6,12,15,25H,7-9H2,1H3,(H,21,22)(H,26,27)/t12-,15+/m1/s1. The Labute approximate surface area is 165 Å². The maximum Gasteiger partial charge on any atom is 0.343 e. The van der Waals surface area contributed by atoms with E-state index in [0.29, 0.717) is 23.6 Å². The number of carbonyl (C=O) groups is 1. The average Bonchev–Trinajstić information content (AvgIpc) is 3.35. The molecule has 0 amide bonds. The van der Waals surface area contributed by atoms with Crippen LogP contribution in [0.3, 0.4) is 0 Å². The van der Waals surface area contributed by atoms with Gasteiger partial charge < -0.3 is 19.6 Å². The largest absolute Gasteiger partial charge is 0.477 e. The van der Waals surface area contributed by atoms with E-state index in [1.165, 1.54) is 0 Å². The van der Waals surface area contributed by atoms with Crippen LogP contribution >= 0.6 is 11.6 Å². The predicted molar refractivity (Wildman–Crippen MR) is 103 cm³/mol. The van der Waals surface area contributed by atoms with E-state index in [0.717, 1.165) is 11.4 Å². The number of aromatic carboxylic acids is 1. The number of halogens is 1. The topological polar surface area (TPSA) is 115 Å². The summed E-state index contributed by atoms with van der Waals surface area (Å²) >= 11 is 5.90. The molecule has 1 fully saturated rings. The highest BCUT2D eigenvalue weighted by atomic mass is 35.5. The Morgan fingerprint density at radius 3 is 2.75 bits per heavy atom. The Kier molecular flexibility index (Phi) is 4.82. The first-order valence-electron chi connectivity index (χ1n) is 8.85. The van der Waals surface area contributed by atoms with E-state index in [1.54, 1.807) is 29.2 Å². The maximum absolute atomic E-state index is 11.9. The van der Waals surface area contributed by atoms with Crippen molar-refractivity contribution in [2.75, 3.05) is 18.0 Å². The van der Waals surface area contributed by atoms with Gasteiger partial charge in [0.15, 0.2) is 17.1 Å². The number of nitrogens with zero attached hydrogens (tertiary/aromatic N) is 3. The van der Waals surface area contributed by atoms with Crippen molar-refractivity contribution in [2.24, 2.45) is 5.92 Å². The smallest absolute Gasteiger partial charge is 0.343 e. The normalized spacial score (nSPS) is 19.3. The third-order valence-electron chi connectivity index (χ3n) is 4.93. The SMILES string of the molecule is Cc1cc(C[C@@H]2CN(c3noc(-c4ccc(Cl)cc4)c3C(=O)O)C[C@@H]2O)n[nH]1. The minimum Gasteiger partial charge on any atom is -0.477 e. The number of aliphatic hydroxyl groups is 1. The molecular formula is C19H19ClN4O4. The quantitative estimate of drug-likeness (QED) is 0.600. The van der Waals surface area contributed by atoms with Crippen LogP contribution in [0.4, 0.5) is 5.82 Å². The first-order valence-corrected chi connectivity index (χ1v) is 9.23. The van der Waals surface area contributed by atoms with E-state index in [2.05, 4.69) is 15.4 Å². The molecule has 9 heteroatoms. The van der Waals surface area contributed by atoms with E-state index in [9.17, 15) is 15.0 Å². The summed E-state index contributed by atoms with van der Waals surface area (Å²) in [5.74, 6) is -0.834. The van der Waals surface area contributed by atoms with Gasteiger partial charge in [0.2, 0.25) is 0 Å². The molecule has 1 aliphatic rings. The Morgan fingerprint density at radius 2 is 2.11 bits per heavy atom. The molecule has 0 unspecified atom stereocenters. The fourth-order valence-electron chi connectivity index (χ4n) is 3.56. The van der Waals surface area contributed by atoms with Gasteiger partial charge in [-0.1, -0.05) is 16.8 Å². The third-order valence-corrected chi connectivity index (χ3v) is 5.18. The number of aryl methyl sites for hydroxylation is 1. The lowest BCUT2D eigenvalue weighted by molar-refractivity contribution is 0.0697. The minimum atomic E-state index is -1.14. The molecule has 2 aromatic heterocycles. The third kappa shape index (κ3) is 3.48. The molecular weight excluding hydrogens is 384 g/mol. The Balaban J connectivity index is 1.60. The second-order valence-electron chi connectivity index (χ2n) is 7.00. The molecule has 0 bridgehead atoms. The zero-order valence-corrected chi connectivity index (χ0v) is 15.8. The summed E-state index contributed by atoms with van der Waals surface area (Å²) in [7, 11) is 0. The summed E-state index contributed by atoms with van der Waals surface area (Å²) in [4.78, 5) is 13.7. The van der Waals surface area contributed by atoms with Gasteiger partial charge in [0, 0.05) is 35.3 Å². The fraction of sp³-hybridized carbons (Fsp3) is 0.316. The second-order valence-corrected chi connectivity index (χ2v) is 7.44. The number of β-amino-alcohol motifs (C(OH)–C–C–N with tert-alkyl or cyclic N) is 1. The molecule has 28 heavy (non-hydrogen) atoms. The van der Waals surface area contributed by atoms with Crippen LogP contribution in [-0.2, 0) is 6.42 Å². The number of H-pyrrole nitrogens is 1. The van der Waals surface area contributed by atoms with E-state index < -0.39 is 12.1 Å². The van der Waals surface area contributed by atoms with Crippen molar-refractivity contribution in [3.05, 3.63) is 52.3 Å². The molecule has 3 aromatic rings. The van der Waals surface area contributed by atoms with Crippen LogP contribution in [0.1, 0.15) is 21.7 Å². The molecule has 8 nitrogen and oxygen atoms in total. The van der Waals surface area contributed by atoms with Gasteiger partial charge in [-0.3, -0.25) is 5.10 Å². The lowest BCUT2D eigenvalue weighted by Crippen LogP contribution is -2.23. The summed E-state index contributed by atoms with van der Waals surface area (Å²) < 4.78 is 5.37. The van der Waals surface area contributed by atoms with Crippen LogP contribution in [0.15, 0.2) is 34.9 Å². The van der Waals surface area contributed by atoms with Crippen LogP contribution in [0.2, 0.25) is 5.02 Å². The van der Waals surface area contributed by atoms with Crippen molar-refractivity contribution in [3.8, 4) is 11.3 Å². The molecule has 3 N–H and O–H groups in total. The number of nitrogens with one attached hydrogen (secondary N) is 1. The van der Waals surface area contributed by atoms with Crippen molar-refractivity contribution >= 4 is 23.4 Å². The first-order chi connectivity index (χ1) is 13.4. The lowest BCUT2D eigenvalue weighted by atomic mass is 10.0. The fourth-order valence-corrected chi connectivity index (χ4v) is 3.69. The van der Waals surface area contributed by atoms with E-state index in [-0.39, 0.29) is 29.6 Å². The summed E-state index contributed by atoms with van der Waals surface area (Å²) in [5, 5.41) is 31.9. The molecule has 146 valence electrons. The Morgan fingerprint density at radius 1 is 1.36 bits per heavy atom. The molecule has 1 aliphatic heterocycles. The monoisotopic (exact) mass is 402 g/mol. The average molecular weight is 403 g/mol. The number of carboxylic acids is 1. The second kappa shape index (κ2) is 7.29. The molecule has 3 heterocycles. The molecule has 1 saturated heterocycles. The number of rotatable bonds is 5.